The number of carbonyl (C=O) groups excluding carboxylic acids is 2. The van der Waals surface area contributed by atoms with Crippen LogP contribution in [0.15, 0.2) is 65.7 Å². The third kappa shape index (κ3) is 6.95. The molecule has 3 rings (SSSR count). The Bertz CT molecular complexity index is 1110. The molecule has 7 heteroatoms. The minimum absolute atomic E-state index is 0.188. The van der Waals surface area contributed by atoms with E-state index >= 15 is 0 Å². The Morgan fingerprint density at radius 1 is 1.00 bits per heavy atom. The molecule has 0 radical (unpaired) electrons. The number of aryl methyl sites for hydroxylation is 2. The first-order valence-corrected chi connectivity index (χ1v) is 11.5. The number of ether oxygens (including phenoxy) is 2. The summed E-state index contributed by atoms with van der Waals surface area (Å²) in [6.07, 6.45) is 3.34. The van der Waals surface area contributed by atoms with Crippen LogP contribution in [0.25, 0.3) is 6.08 Å². The second kappa shape index (κ2) is 11.9. The van der Waals surface area contributed by atoms with Crippen LogP contribution in [0, 0.1) is 6.92 Å². The second-order valence-electron chi connectivity index (χ2n) is 7.44. The van der Waals surface area contributed by atoms with Gasteiger partial charge in [-0.1, -0.05) is 35.9 Å². The molecule has 2 amide bonds. The van der Waals surface area contributed by atoms with Gasteiger partial charge in [-0.15, -0.1) is 11.3 Å². The molecule has 0 spiro atoms. The number of thiophene rings is 1. The van der Waals surface area contributed by atoms with Crippen LogP contribution in [-0.2, 0) is 11.2 Å². The first kappa shape index (κ1) is 24.1. The lowest BCUT2D eigenvalue weighted by Crippen LogP contribution is -2.35. The summed E-state index contributed by atoms with van der Waals surface area (Å²) in [7, 11) is 3.04. The van der Waals surface area contributed by atoms with Crippen LogP contribution < -0.4 is 20.1 Å². The van der Waals surface area contributed by atoms with Gasteiger partial charge >= 0.3 is 0 Å². The molecule has 0 unspecified atom stereocenters. The highest BCUT2D eigenvalue weighted by atomic mass is 32.1. The van der Waals surface area contributed by atoms with Gasteiger partial charge in [0.25, 0.3) is 11.8 Å². The maximum absolute atomic E-state index is 12.9. The maximum atomic E-state index is 12.9. The molecule has 1 aromatic heterocycles. The minimum Gasteiger partial charge on any atom is -0.493 e. The molecular formula is C26H28N2O4S. The zero-order valence-electron chi connectivity index (χ0n) is 19.0. The highest BCUT2D eigenvalue weighted by molar-refractivity contribution is 7.10. The van der Waals surface area contributed by atoms with Crippen LogP contribution in [0.1, 0.15) is 32.8 Å². The van der Waals surface area contributed by atoms with Crippen LogP contribution in [0.5, 0.6) is 11.5 Å². The van der Waals surface area contributed by atoms with E-state index < -0.39 is 5.91 Å². The first-order chi connectivity index (χ1) is 16.0. The summed E-state index contributed by atoms with van der Waals surface area (Å²) in [4.78, 5) is 26.6. The number of carbonyl (C=O) groups is 2. The second-order valence-corrected chi connectivity index (χ2v) is 8.42. The predicted molar refractivity (Wildman–Crippen MR) is 132 cm³/mol. The molecule has 0 fully saturated rings. The van der Waals surface area contributed by atoms with E-state index in [4.69, 9.17) is 9.47 Å². The third-order valence-corrected chi connectivity index (χ3v) is 5.84. The molecule has 0 saturated heterocycles. The van der Waals surface area contributed by atoms with Crippen molar-refractivity contribution in [1.82, 2.24) is 10.6 Å². The van der Waals surface area contributed by atoms with Crippen molar-refractivity contribution in [2.24, 2.45) is 0 Å². The molecule has 33 heavy (non-hydrogen) atoms. The Labute approximate surface area is 198 Å². The van der Waals surface area contributed by atoms with Gasteiger partial charge in [-0.2, -0.15) is 0 Å². The van der Waals surface area contributed by atoms with Crippen LogP contribution in [0.3, 0.4) is 0 Å². The van der Waals surface area contributed by atoms with E-state index in [9.17, 15) is 9.59 Å². The number of rotatable bonds is 10. The zero-order chi connectivity index (χ0) is 23.6. The van der Waals surface area contributed by atoms with Crippen molar-refractivity contribution in [2.45, 2.75) is 19.8 Å². The standard InChI is InChI=1S/C26H28N2O4S/c1-18-8-10-19(11-9-18)6-4-14-27-26(30)22(17-21-7-5-15-33-21)28-25(29)20-12-13-23(31-2)24(16-20)32-3/h5,7-13,15-17H,4,6,14H2,1-3H3,(H,27,30)(H,28,29)/b22-17-. The lowest BCUT2D eigenvalue weighted by molar-refractivity contribution is -0.117. The summed E-state index contributed by atoms with van der Waals surface area (Å²) in [5.74, 6) is 0.221. The molecule has 2 N–H and O–H groups in total. The Hall–Kier alpha value is -3.58. The van der Waals surface area contributed by atoms with Gasteiger partial charge in [0.2, 0.25) is 0 Å². The summed E-state index contributed by atoms with van der Waals surface area (Å²) in [5.41, 5.74) is 3.00. The molecule has 0 saturated carbocycles. The fraction of sp³-hybridized carbons (Fsp3) is 0.231. The minimum atomic E-state index is -0.409. The Balaban J connectivity index is 1.66. The molecule has 0 aliphatic carbocycles. The van der Waals surface area contributed by atoms with Crippen molar-refractivity contribution in [1.29, 1.82) is 0 Å². The van der Waals surface area contributed by atoms with Gasteiger partial charge in [0.15, 0.2) is 11.5 Å². The van der Waals surface area contributed by atoms with E-state index in [0.29, 0.717) is 23.6 Å². The topological polar surface area (TPSA) is 76.7 Å². The molecule has 0 atom stereocenters. The number of hydrogen-bond acceptors (Lipinski definition) is 5. The smallest absolute Gasteiger partial charge is 0.267 e. The highest BCUT2D eigenvalue weighted by Gasteiger charge is 2.16. The van der Waals surface area contributed by atoms with Gasteiger partial charge in [-0.05, 0) is 61.1 Å². The normalized spacial score (nSPS) is 11.1. The molecule has 172 valence electrons. The number of amides is 2. The van der Waals surface area contributed by atoms with Gasteiger partial charge in [-0.3, -0.25) is 9.59 Å². The molecular weight excluding hydrogens is 436 g/mol. The van der Waals surface area contributed by atoms with Gasteiger partial charge < -0.3 is 20.1 Å². The van der Waals surface area contributed by atoms with Crippen molar-refractivity contribution in [2.75, 3.05) is 20.8 Å². The zero-order valence-corrected chi connectivity index (χ0v) is 19.8. The SMILES string of the molecule is COc1ccc(C(=O)N/C(=C\c2cccs2)C(=O)NCCCc2ccc(C)cc2)cc1OC. The summed E-state index contributed by atoms with van der Waals surface area (Å²) >= 11 is 1.49. The van der Waals surface area contributed by atoms with E-state index in [0.717, 1.165) is 17.7 Å². The quantitative estimate of drug-likeness (QED) is 0.340. The van der Waals surface area contributed by atoms with Crippen LogP contribution in [0.4, 0.5) is 0 Å². The van der Waals surface area contributed by atoms with Gasteiger partial charge in [0.05, 0.1) is 14.2 Å². The molecule has 3 aromatic rings. The first-order valence-electron chi connectivity index (χ1n) is 10.6. The summed E-state index contributed by atoms with van der Waals surface area (Å²) in [6, 6.07) is 17.0. The summed E-state index contributed by atoms with van der Waals surface area (Å²) in [6.45, 7) is 2.56. The lowest BCUT2D eigenvalue weighted by atomic mass is 10.1. The van der Waals surface area contributed by atoms with Crippen molar-refractivity contribution >= 4 is 29.2 Å². The number of hydrogen-bond donors (Lipinski definition) is 2. The van der Waals surface area contributed by atoms with E-state index in [1.165, 1.54) is 36.7 Å². The van der Waals surface area contributed by atoms with E-state index in [1.54, 1.807) is 24.3 Å². The number of nitrogens with one attached hydrogen (secondary N) is 2. The molecule has 2 aromatic carbocycles. The monoisotopic (exact) mass is 464 g/mol. The summed E-state index contributed by atoms with van der Waals surface area (Å²) < 4.78 is 10.5. The lowest BCUT2D eigenvalue weighted by Gasteiger charge is -2.12. The number of methoxy groups -OCH3 is 2. The molecule has 0 bridgehead atoms. The third-order valence-electron chi connectivity index (χ3n) is 5.02. The van der Waals surface area contributed by atoms with Gasteiger partial charge in [0, 0.05) is 17.0 Å². The van der Waals surface area contributed by atoms with Crippen molar-refractivity contribution in [3.05, 3.63) is 87.2 Å². The van der Waals surface area contributed by atoms with E-state index in [-0.39, 0.29) is 11.6 Å². The van der Waals surface area contributed by atoms with E-state index in [2.05, 4.69) is 41.8 Å². The largest absolute Gasteiger partial charge is 0.493 e. The Morgan fingerprint density at radius 3 is 2.42 bits per heavy atom. The Morgan fingerprint density at radius 2 is 1.76 bits per heavy atom. The van der Waals surface area contributed by atoms with E-state index in [1.807, 2.05) is 17.5 Å². The van der Waals surface area contributed by atoms with Gasteiger partial charge in [0.1, 0.15) is 5.70 Å². The van der Waals surface area contributed by atoms with Gasteiger partial charge in [-0.25, -0.2) is 0 Å². The Kier molecular flexibility index (Phi) is 8.66. The van der Waals surface area contributed by atoms with Crippen LogP contribution in [-0.4, -0.2) is 32.6 Å². The van der Waals surface area contributed by atoms with Crippen LogP contribution in [0.2, 0.25) is 0 Å². The van der Waals surface area contributed by atoms with Crippen molar-refractivity contribution in [3.8, 4) is 11.5 Å². The van der Waals surface area contributed by atoms with Crippen LogP contribution >= 0.6 is 11.3 Å². The molecule has 6 nitrogen and oxygen atoms in total. The average Bonchev–Trinajstić information content (AvgIpc) is 3.35. The fourth-order valence-corrected chi connectivity index (χ4v) is 3.85. The molecule has 1 heterocycles. The number of benzene rings is 2. The average molecular weight is 465 g/mol. The molecule has 0 aliphatic rings. The highest BCUT2D eigenvalue weighted by Crippen LogP contribution is 2.27. The fourth-order valence-electron chi connectivity index (χ4n) is 3.19. The predicted octanol–water partition coefficient (Wildman–Crippen LogP) is 4.59. The van der Waals surface area contributed by atoms with Crippen molar-refractivity contribution < 1.29 is 19.1 Å². The maximum Gasteiger partial charge on any atom is 0.267 e. The van der Waals surface area contributed by atoms with Crippen molar-refractivity contribution in [3.63, 3.8) is 0 Å². The molecule has 0 aliphatic heterocycles. The summed E-state index contributed by atoms with van der Waals surface area (Å²) in [5, 5.41) is 7.57.